The van der Waals surface area contributed by atoms with E-state index < -0.39 is 0 Å². The molecule has 0 aliphatic carbocycles. The SMILES string of the molecule is S=c1n(CN2CCN(c3cccc(Cl)c3)CC2)nc(-c2cccs2)n1C[C@H]1CCCO1. The van der Waals surface area contributed by atoms with Crippen molar-refractivity contribution in [1.29, 1.82) is 0 Å². The minimum atomic E-state index is 0.226. The van der Waals surface area contributed by atoms with E-state index in [0.29, 0.717) is 6.67 Å². The number of anilines is 1. The van der Waals surface area contributed by atoms with Crippen LogP contribution in [-0.2, 0) is 18.0 Å². The highest BCUT2D eigenvalue weighted by atomic mass is 35.5. The molecule has 2 fully saturated rings. The largest absolute Gasteiger partial charge is 0.376 e. The molecule has 164 valence electrons. The fraction of sp³-hybridized carbons (Fsp3) is 0.455. The average Bonchev–Trinajstić information content (AvgIpc) is 3.54. The number of piperazine rings is 1. The number of rotatable bonds is 6. The van der Waals surface area contributed by atoms with Crippen LogP contribution in [0, 0.1) is 4.77 Å². The van der Waals surface area contributed by atoms with E-state index in [1.807, 2.05) is 22.9 Å². The average molecular weight is 476 g/mol. The van der Waals surface area contributed by atoms with E-state index in [9.17, 15) is 0 Å². The minimum Gasteiger partial charge on any atom is -0.376 e. The molecular formula is C22H26ClN5OS2. The maximum atomic E-state index is 6.17. The number of aromatic nitrogens is 3. The molecule has 9 heteroatoms. The lowest BCUT2D eigenvalue weighted by molar-refractivity contribution is 0.0966. The van der Waals surface area contributed by atoms with Gasteiger partial charge in [0, 0.05) is 43.5 Å². The summed E-state index contributed by atoms with van der Waals surface area (Å²) in [6.07, 6.45) is 2.43. The maximum Gasteiger partial charge on any atom is 0.199 e. The van der Waals surface area contributed by atoms with E-state index >= 15 is 0 Å². The number of hydrogen-bond acceptors (Lipinski definition) is 6. The van der Waals surface area contributed by atoms with Gasteiger partial charge in [0.05, 0.1) is 24.2 Å². The first-order valence-electron chi connectivity index (χ1n) is 10.7. The summed E-state index contributed by atoms with van der Waals surface area (Å²) in [6, 6.07) is 12.3. The Balaban J connectivity index is 1.31. The summed E-state index contributed by atoms with van der Waals surface area (Å²) in [6.45, 7) is 6.16. The summed E-state index contributed by atoms with van der Waals surface area (Å²) in [5, 5.41) is 7.80. The molecule has 0 spiro atoms. The summed E-state index contributed by atoms with van der Waals surface area (Å²) in [7, 11) is 0. The Bertz CT molecular complexity index is 1070. The van der Waals surface area contributed by atoms with Crippen molar-refractivity contribution in [2.45, 2.75) is 32.2 Å². The van der Waals surface area contributed by atoms with Crippen LogP contribution >= 0.6 is 35.2 Å². The topological polar surface area (TPSA) is 38.5 Å². The molecule has 0 bridgehead atoms. The third-order valence-corrected chi connectivity index (χ3v) is 7.49. The van der Waals surface area contributed by atoms with Gasteiger partial charge >= 0.3 is 0 Å². The second-order valence-corrected chi connectivity index (χ2v) is 9.80. The summed E-state index contributed by atoms with van der Waals surface area (Å²) in [4.78, 5) is 5.95. The second-order valence-electron chi connectivity index (χ2n) is 8.06. The van der Waals surface area contributed by atoms with Gasteiger partial charge < -0.3 is 9.64 Å². The van der Waals surface area contributed by atoms with E-state index in [1.54, 1.807) is 11.3 Å². The highest BCUT2D eigenvalue weighted by Gasteiger charge is 2.23. The molecule has 2 aliphatic rings. The zero-order valence-electron chi connectivity index (χ0n) is 17.3. The molecular weight excluding hydrogens is 450 g/mol. The smallest absolute Gasteiger partial charge is 0.199 e. The third-order valence-electron chi connectivity index (χ3n) is 5.95. The van der Waals surface area contributed by atoms with Gasteiger partial charge in [0.2, 0.25) is 0 Å². The first kappa shape index (κ1) is 21.2. The molecule has 4 heterocycles. The van der Waals surface area contributed by atoms with Crippen molar-refractivity contribution in [3.05, 3.63) is 51.6 Å². The number of hydrogen-bond donors (Lipinski definition) is 0. The van der Waals surface area contributed by atoms with Crippen molar-refractivity contribution in [2.75, 3.05) is 37.7 Å². The molecule has 1 aromatic carbocycles. The van der Waals surface area contributed by atoms with Crippen LogP contribution in [0.5, 0.6) is 0 Å². The lowest BCUT2D eigenvalue weighted by Gasteiger charge is -2.35. The number of thiophene rings is 1. The molecule has 2 aliphatic heterocycles. The zero-order valence-corrected chi connectivity index (χ0v) is 19.7. The summed E-state index contributed by atoms with van der Waals surface area (Å²) in [5.41, 5.74) is 1.18. The first-order valence-corrected chi connectivity index (χ1v) is 12.4. The van der Waals surface area contributed by atoms with Gasteiger partial charge in [0.25, 0.3) is 0 Å². The van der Waals surface area contributed by atoms with Crippen LogP contribution in [0.3, 0.4) is 0 Å². The number of nitrogens with zero attached hydrogens (tertiary/aromatic N) is 5. The molecule has 2 aromatic heterocycles. The highest BCUT2D eigenvalue weighted by Crippen LogP contribution is 2.26. The molecule has 3 aromatic rings. The van der Waals surface area contributed by atoms with Gasteiger partial charge in [0.1, 0.15) is 0 Å². The Labute approximate surface area is 196 Å². The van der Waals surface area contributed by atoms with Crippen LogP contribution < -0.4 is 4.90 Å². The van der Waals surface area contributed by atoms with Crippen LogP contribution in [0.4, 0.5) is 5.69 Å². The van der Waals surface area contributed by atoms with Crippen LogP contribution in [0.25, 0.3) is 10.7 Å². The zero-order chi connectivity index (χ0) is 21.2. The molecule has 0 N–H and O–H groups in total. The normalized spacial score (nSPS) is 19.9. The molecule has 5 rings (SSSR count). The van der Waals surface area contributed by atoms with Crippen LogP contribution in [0.2, 0.25) is 5.02 Å². The fourth-order valence-corrected chi connectivity index (χ4v) is 5.45. The lowest BCUT2D eigenvalue weighted by atomic mass is 10.2. The molecule has 0 radical (unpaired) electrons. The summed E-state index contributed by atoms with van der Waals surface area (Å²) in [5.74, 6) is 0.952. The standard InChI is InChI=1S/C22H26ClN5OS2/c23-17-4-1-5-18(14-17)26-10-8-25(9-11-26)16-28-22(30)27(15-19-6-2-12-29-19)21(24-28)20-7-3-13-31-20/h1,3-5,7,13-14,19H,2,6,8-12,15-16H2/t19-/m1/s1. The van der Waals surface area contributed by atoms with Crippen LogP contribution in [0.1, 0.15) is 12.8 Å². The van der Waals surface area contributed by atoms with Crippen molar-refractivity contribution in [3.63, 3.8) is 0 Å². The van der Waals surface area contributed by atoms with Gasteiger partial charge in [-0.1, -0.05) is 23.7 Å². The minimum absolute atomic E-state index is 0.226. The summed E-state index contributed by atoms with van der Waals surface area (Å²) >= 11 is 13.7. The van der Waals surface area contributed by atoms with Crippen molar-refractivity contribution in [1.82, 2.24) is 19.2 Å². The maximum absolute atomic E-state index is 6.17. The van der Waals surface area contributed by atoms with Gasteiger partial charge in [-0.25, -0.2) is 4.68 Å². The van der Waals surface area contributed by atoms with Crippen LogP contribution in [-0.4, -0.2) is 58.1 Å². The van der Waals surface area contributed by atoms with E-state index in [-0.39, 0.29) is 6.10 Å². The number of ether oxygens (including phenoxy) is 1. The molecule has 0 unspecified atom stereocenters. The predicted molar refractivity (Wildman–Crippen MR) is 129 cm³/mol. The highest BCUT2D eigenvalue weighted by molar-refractivity contribution is 7.71. The Morgan fingerprint density at radius 3 is 2.74 bits per heavy atom. The van der Waals surface area contributed by atoms with E-state index in [1.165, 1.54) is 5.69 Å². The Morgan fingerprint density at radius 1 is 1.16 bits per heavy atom. The molecule has 6 nitrogen and oxygen atoms in total. The van der Waals surface area contributed by atoms with Crippen molar-refractivity contribution in [2.24, 2.45) is 0 Å². The number of halogens is 1. The monoisotopic (exact) mass is 475 g/mol. The predicted octanol–water partition coefficient (Wildman–Crippen LogP) is 4.75. The Morgan fingerprint density at radius 2 is 2.03 bits per heavy atom. The van der Waals surface area contributed by atoms with E-state index in [2.05, 4.69) is 37.9 Å². The lowest BCUT2D eigenvalue weighted by Crippen LogP contribution is -2.47. The van der Waals surface area contributed by atoms with Gasteiger partial charge in [0.15, 0.2) is 10.6 Å². The van der Waals surface area contributed by atoms with E-state index in [4.69, 9.17) is 33.7 Å². The molecule has 31 heavy (non-hydrogen) atoms. The molecule has 1 atom stereocenters. The number of benzene rings is 1. The fourth-order valence-electron chi connectivity index (χ4n) is 4.29. The summed E-state index contributed by atoms with van der Waals surface area (Å²) < 4.78 is 10.8. The second kappa shape index (κ2) is 9.42. The van der Waals surface area contributed by atoms with Gasteiger partial charge in [-0.2, -0.15) is 0 Å². The molecule has 2 saturated heterocycles. The van der Waals surface area contributed by atoms with Crippen molar-refractivity contribution < 1.29 is 4.74 Å². The molecule has 0 saturated carbocycles. The van der Waals surface area contributed by atoms with Crippen molar-refractivity contribution in [3.8, 4) is 10.7 Å². The van der Waals surface area contributed by atoms with Gasteiger partial charge in [-0.05, 0) is 54.7 Å². The van der Waals surface area contributed by atoms with Crippen LogP contribution in [0.15, 0.2) is 41.8 Å². The van der Waals surface area contributed by atoms with Gasteiger partial charge in [-0.3, -0.25) is 9.47 Å². The Hall–Kier alpha value is -1.71. The molecule has 0 amide bonds. The third kappa shape index (κ3) is 4.73. The Kier molecular flexibility index (Phi) is 6.43. The quantitative estimate of drug-likeness (QED) is 0.481. The first-order chi connectivity index (χ1) is 15.2. The van der Waals surface area contributed by atoms with Crippen molar-refractivity contribution >= 4 is 40.8 Å². The van der Waals surface area contributed by atoms with E-state index in [0.717, 1.165) is 72.7 Å². The van der Waals surface area contributed by atoms with Gasteiger partial charge in [-0.15, -0.1) is 16.4 Å².